The number of hydrogen-bond acceptors (Lipinski definition) is 3. The van der Waals surface area contributed by atoms with Crippen molar-refractivity contribution in [2.24, 2.45) is 0 Å². The highest BCUT2D eigenvalue weighted by molar-refractivity contribution is 6.31. The normalized spacial score (nSPS) is 10.2. The number of ether oxygens (including phenoxy) is 2. The molecule has 0 saturated carbocycles. The average molecular weight is 296 g/mol. The van der Waals surface area contributed by atoms with E-state index >= 15 is 0 Å². The van der Waals surface area contributed by atoms with Crippen molar-refractivity contribution in [1.82, 2.24) is 0 Å². The Labute approximate surface area is 122 Å². The molecule has 0 aliphatic heterocycles. The second-order valence-corrected chi connectivity index (χ2v) is 4.56. The highest BCUT2D eigenvalue weighted by Gasteiger charge is 2.06. The van der Waals surface area contributed by atoms with E-state index in [-0.39, 0.29) is 5.82 Å². The number of benzene rings is 2. The minimum atomic E-state index is -0.347. The molecule has 0 aliphatic carbocycles. The molecule has 0 bridgehead atoms. The van der Waals surface area contributed by atoms with Crippen LogP contribution >= 0.6 is 11.6 Å². The quantitative estimate of drug-likeness (QED) is 0.900. The molecule has 0 aliphatic rings. The van der Waals surface area contributed by atoms with Crippen LogP contribution in [0.25, 0.3) is 0 Å². The molecule has 0 atom stereocenters. The number of rotatable bonds is 5. The van der Waals surface area contributed by atoms with Gasteiger partial charge in [0.2, 0.25) is 0 Å². The van der Waals surface area contributed by atoms with Gasteiger partial charge < -0.3 is 14.8 Å². The van der Waals surface area contributed by atoms with Gasteiger partial charge in [-0.1, -0.05) is 17.7 Å². The summed E-state index contributed by atoms with van der Waals surface area (Å²) in [6, 6.07) is 9.81. The lowest BCUT2D eigenvalue weighted by Gasteiger charge is -2.13. The first kappa shape index (κ1) is 14.5. The van der Waals surface area contributed by atoms with Crippen molar-refractivity contribution < 1.29 is 13.9 Å². The lowest BCUT2D eigenvalue weighted by atomic mass is 10.2. The van der Waals surface area contributed by atoms with E-state index in [0.717, 1.165) is 11.3 Å². The Hall–Kier alpha value is -1.94. The van der Waals surface area contributed by atoms with Crippen LogP contribution in [0.2, 0.25) is 5.02 Å². The van der Waals surface area contributed by atoms with E-state index in [1.54, 1.807) is 26.4 Å². The number of hydrogen-bond donors (Lipinski definition) is 1. The zero-order valence-corrected chi connectivity index (χ0v) is 12.0. The molecule has 106 valence electrons. The molecular formula is C15H15ClFNO2. The minimum Gasteiger partial charge on any atom is -0.497 e. The number of halogens is 2. The van der Waals surface area contributed by atoms with Crippen LogP contribution in [0.5, 0.6) is 11.5 Å². The van der Waals surface area contributed by atoms with Crippen molar-refractivity contribution in [1.29, 1.82) is 0 Å². The van der Waals surface area contributed by atoms with Crippen molar-refractivity contribution in [3.8, 4) is 11.5 Å². The number of methoxy groups -OCH3 is 2. The van der Waals surface area contributed by atoms with Gasteiger partial charge in [0.15, 0.2) is 0 Å². The van der Waals surface area contributed by atoms with Crippen LogP contribution in [0.4, 0.5) is 10.1 Å². The molecule has 5 heteroatoms. The second kappa shape index (κ2) is 6.48. The molecule has 0 aromatic heterocycles. The number of anilines is 1. The molecule has 2 aromatic carbocycles. The summed E-state index contributed by atoms with van der Waals surface area (Å²) in [7, 11) is 3.19. The van der Waals surface area contributed by atoms with Crippen LogP contribution in [0.1, 0.15) is 5.56 Å². The summed E-state index contributed by atoms with van der Waals surface area (Å²) in [6.07, 6.45) is 0. The van der Waals surface area contributed by atoms with E-state index in [2.05, 4.69) is 5.32 Å². The highest BCUT2D eigenvalue weighted by atomic mass is 35.5. The molecule has 0 heterocycles. The molecule has 0 saturated heterocycles. The van der Waals surface area contributed by atoms with Gasteiger partial charge in [-0.2, -0.15) is 0 Å². The summed E-state index contributed by atoms with van der Waals surface area (Å²) >= 11 is 5.99. The lowest BCUT2D eigenvalue weighted by Crippen LogP contribution is -2.02. The summed E-state index contributed by atoms with van der Waals surface area (Å²) in [5.41, 5.74) is 1.62. The summed E-state index contributed by atoms with van der Waals surface area (Å²) in [5.74, 6) is 1.04. The van der Waals surface area contributed by atoms with Crippen molar-refractivity contribution in [3.63, 3.8) is 0 Å². The third-order valence-electron chi connectivity index (χ3n) is 2.89. The third kappa shape index (κ3) is 3.33. The fourth-order valence-electron chi connectivity index (χ4n) is 1.80. The Bertz CT molecular complexity index is 604. The first-order valence-electron chi connectivity index (χ1n) is 6.04. The molecule has 1 N–H and O–H groups in total. The predicted octanol–water partition coefficient (Wildman–Crippen LogP) is 4.11. The maximum atomic E-state index is 13.0. The minimum absolute atomic E-state index is 0.347. The SMILES string of the molecule is COc1ccc(NCc2ccc(F)cc2Cl)c(OC)c1. The van der Waals surface area contributed by atoms with Crippen LogP contribution in [-0.4, -0.2) is 14.2 Å². The smallest absolute Gasteiger partial charge is 0.145 e. The van der Waals surface area contributed by atoms with Gasteiger partial charge in [-0.05, 0) is 29.8 Å². The Morgan fingerprint density at radius 3 is 2.55 bits per heavy atom. The summed E-state index contributed by atoms with van der Waals surface area (Å²) < 4.78 is 23.4. The molecule has 0 spiro atoms. The van der Waals surface area contributed by atoms with E-state index in [1.807, 2.05) is 12.1 Å². The van der Waals surface area contributed by atoms with E-state index in [1.165, 1.54) is 12.1 Å². The standard InChI is InChI=1S/C15H15ClFNO2/c1-19-12-5-6-14(15(8-12)20-2)18-9-10-3-4-11(17)7-13(10)16/h3-8,18H,9H2,1-2H3. The largest absolute Gasteiger partial charge is 0.497 e. The molecule has 0 amide bonds. The molecule has 0 unspecified atom stereocenters. The zero-order chi connectivity index (χ0) is 14.5. The molecule has 0 fully saturated rings. The van der Waals surface area contributed by atoms with Gasteiger partial charge in [0, 0.05) is 17.6 Å². The zero-order valence-electron chi connectivity index (χ0n) is 11.2. The van der Waals surface area contributed by atoms with E-state index < -0.39 is 0 Å². The van der Waals surface area contributed by atoms with Crippen molar-refractivity contribution in [2.45, 2.75) is 6.54 Å². The maximum absolute atomic E-state index is 13.0. The van der Waals surface area contributed by atoms with E-state index in [9.17, 15) is 4.39 Å². The topological polar surface area (TPSA) is 30.5 Å². The van der Waals surface area contributed by atoms with Crippen molar-refractivity contribution in [3.05, 3.63) is 52.8 Å². The van der Waals surface area contributed by atoms with Gasteiger partial charge in [0.25, 0.3) is 0 Å². The Kier molecular flexibility index (Phi) is 4.69. The Morgan fingerprint density at radius 1 is 1.10 bits per heavy atom. The second-order valence-electron chi connectivity index (χ2n) is 4.16. The van der Waals surface area contributed by atoms with E-state index in [0.29, 0.717) is 23.1 Å². The van der Waals surface area contributed by atoms with Crippen LogP contribution in [0.3, 0.4) is 0 Å². The van der Waals surface area contributed by atoms with Crippen LogP contribution in [0.15, 0.2) is 36.4 Å². The molecule has 0 radical (unpaired) electrons. The van der Waals surface area contributed by atoms with Crippen molar-refractivity contribution in [2.75, 3.05) is 19.5 Å². The van der Waals surface area contributed by atoms with Gasteiger partial charge in [-0.15, -0.1) is 0 Å². The predicted molar refractivity (Wildman–Crippen MR) is 78.3 cm³/mol. The van der Waals surface area contributed by atoms with Crippen LogP contribution in [-0.2, 0) is 6.54 Å². The number of nitrogens with one attached hydrogen (secondary N) is 1. The molecular weight excluding hydrogens is 281 g/mol. The first-order chi connectivity index (χ1) is 9.63. The Balaban J connectivity index is 2.14. The molecule has 2 aromatic rings. The van der Waals surface area contributed by atoms with Crippen LogP contribution < -0.4 is 14.8 Å². The van der Waals surface area contributed by atoms with Crippen molar-refractivity contribution >= 4 is 17.3 Å². The molecule has 20 heavy (non-hydrogen) atoms. The third-order valence-corrected chi connectivity index (χ3v) is 3.24. The average Bonchev–Trinajstić information content (AvgIpc) is 2.46. The fourth-order valence-corrected chi connectivity index (χ4v) is 2.03. The van der Waals surface area contributed by atoms with Gasteiger partial charge in [-0.25, -0.2) is 4.39 Å². The first-order valence-corrected chi connectivity index (χ1v) is 6.41. The van der Waals surface area contributed by atoms with Crippen LogP contribution in [0, 0.1) is 5.82 Å². The lowest BCUT2D eigenvalue weighted by molar-refractivity contribution is 0.395. The Morgan fingerprint density at radius 2 is 1.90 bits per heavy atom. The van der Waals surface area contributed by atoms with E-state index in [4.69, 9.17) is 21.1 Å². The monoisotopic (exact) mass is 295 g/mol. The van der Waals surface area contributed by atoms with Gasteiger partial charge in [0.1, 0.15) is 17.3 Å². The highest BCUT2D eigenvalue weighted by Crippen LogP contribution is 2.30. The summed E-state index contributed by atoms with van der Waals surface area (Å²) in [4.78, 5) is 0. The van der Waals surface area contributed by atoms with Gasteiger partial charge in [0.05, 0.1) is 19.9 Å². The molecule has 3 nitrogen and oxygen atoms in total. The fraction of sp³-hybridized carbons (Fsp3) is 0.200. The van der Waals surface area contributed by atoms with Gasteiger partial charge in [-0.3, -0.25) is 0 Å². The summed E-state index contributed by atoms with van der Waals surface area (Å²) in [5, 5.41) is 3.60. The van der Waals surface area contributed by atoms with Gasteiger partial charge >= 0.3 is 0 Å². The molecule has 2 rings (SSSR count). The maximum Gasteiger partial charge on any atom is 0.145 e. The summed E-state index contributed by atoms with van der Waals surface area (Å²) in [6.45, 7) is 0.474.